The Morgan fingerprint density at radius 2 is 1.60 bits per heavy atom. The van der Waals surface area contributed by atoms with Gasteiger partial charge in [0.25, 0.3) is 0 Å². The highest BCUT2D eigenvalue weighted by molar-refractivity contribution is 8.00. The van der Waals surface area contributed by atoms with Crippen molar-refractivity contribution < 1.29 is 4.79 Å². The predicted molar refractivity (Wildman–Crippen MR) is 145 cm³/mol. The summed E-state index contributed by atoms with van der Waals surface area (Å²) in [7, 11) is 0. The van der Waals surface area contributed by atoms with Gasteiger partial charge in [-0.05, 0) is 66.9 Å². The van der Waals surface area contributed by atoms with E-state index in [9.17, 15) is 10.1 Å². The molecule has 0 aliphatic heterocycles. The SMILES string of the molecule is Cc1cccc(NC(=O)CSc2nc(-c3ccc(Cl)cc3)cc(-c3ccc(Cl)cc3)c2C#N)c1C. The molecule has 0 saturated heterocycles. The van der Waals surface area contributed by atoms with Crippen molar-refractivity contribution in [2.24, 2.45) is 0 Å². The van der Waals surface area contributed by atoms with E-state index in [1.54, 1.807) is 24.3 Å². The molecule has 0 unspecified atom stereocenters. The number of nitriles is 1. The molecule has 1 amide bonds. The summed E-state index contributed by atoms with van der Waals surface area (Å²) in [5, 5.41) is 14.7. The molecule has 0 fully saturated rings. The highest BCUT2D eigenvalue weighted by Crippen LogP contribution is 2.35. The Bertz CT molecular complexity index is 1430. The molecular formula is C28H21Cl2N3OS. The van der Waals surface area contributed by atoms with Gasteiger partial charge in [-0.2, -0.15) is 5.26 Å². The number of pyridine rings is 1. The second-order valence-electron chi connectivity index (χ2n) is 7.95. The van der Waals surface area contributed by atoms with E-state index < -0.39 is 0 Å². The maximum Gasteiger partial charge on any atom is 0.234 e. The first kappa shape index (κ1) is 24.8. The van der Waals surface area contributed by atoms with Crippen LogP contribution >= 0.6 is 35.0 Å². The number of hydrogen-bond acceptors (Lipinski definition) is 4. The third-order valence-corrected chi connectivity index (χ3v) is 7.09. The van der Waals surface area contributed by atoms with Crippen LogP contribution in [0.15, 0.2) is 77.8 Å². The monoisotopic (exact) mass is 517 g/mol. The number of hydrogen-bond donors (Lipinski definition) is 1. The summed E-state index contributed by atoms with van der Waals surface area (Å²) in [5.74, 6) is -0.0570. The van der Waals surface area contributed by atoms with Crippen LogP contribution in [0.4, 0.5) is 5.69 Å². The van der Waals surface area contributed by atoms with Crippen molar-refractivity contribution in [3.8, 4) is 28.5 Å². The van der Waals surface area contributed by atoms with Crippen LogP contribution in [0.3, 0.4) is 0 Å². The number of benzene rings is 3. The molecule has 0 aliphatic carbocycles. The molecule has 0 saturated carbocycles. The van der Waals surface area contributed by atoms with Gasteiger partial charge in [0.1, 0.15) is 11.1 Å². The van der Waals surface area contributed by atoms with Gasteiger partial charge in [-0.1, -0.05) is 71.4 Å². The van der Waals surface area contributed by atoms with Gasteiger partial charge in [0.15, 0.2) is 0 Å². The number of rotatable bonds is 6. The minimum atomic E-state index is -0.167. The Kier molecular flexibility index (Phi) is 7.77. The Hall–Kier alpha value is -3.30. The molecule has 0 atom stereocenters. The van der Waals surface area contributed by atoms with E-state index in [1.807, 2.05) is 62.4 Å². The molecule has 1 aromatic heterocycles. The number of aromatic nitrogens is 1. The van der Waals surface area contributed by atoms with Crippen molar-refractivity contribution in [2.75, 3.05) is 11.1 Å². The van der Waals surface area contributed by atoms with E-state index in [2.05, 4.69) is 11.4 Å². The highest BCUT2D eigenvalue weighted by atomic mass is 35.5. The fourth-order valence-electron chi connectivity index (χ4n) is 3.57. The number of nitrogens with zero attached hydrogens (tertiary/aromatic N) is 2. The Morgan fingerprint density at radius 3 is 2.23 bits per heavy atom. The number of halogens is 2. The summed E-state index contributed by atoms with van der Waals surface area (Å²) in [6.07, 6.45) is 0. The highest BCUT2D eigenvalue weighted by Gasteiger charge is 2.17. The van der Waals surface area contributed by atoms with Crippen molar-refractivity contribution in [3.05, 3.63) is 99.5 Å². The van der Waals surface area contributed by atoms with Crippen molar-refractivity contribution in [1.82, 2.24) is 4.98 Å². The van der Waals surface area contributed by atoms with Crippen LogP contribution in [0, 0.1) is 25.2 Å². The number of amides is 1. The number of carbonyl (C=O) groups excluding carboxylic acids is 1. The molecule has 35 heavy (non-hydrogen) atoms. The van der Waals surface area contributed by atoms with Gasteiger partial charge in [-0.3, -0.25) is 4.79 Å². The summed E-state index contributed by atoms with van der Waals surface area (Å²) >= 11 is 13.4. The molecule has 3 aromatic carbocycles. The molecule has 4 nitrogen and oxygen atoms in total. The van der Waals surface area contributed by atoms with Gasteiger partial charge >= 0.3 is 0 Å². The van der Waals surface area contributed by atoms with Crippen LogP contribution in [0.1, 0.15) is 16.7 Å². The third-order valence-electron chi connectivity index (χ3n) is 5.61. The number of aryl methyl sites for hydroxylation is 1. The predicted octanol–water partition coefficient (Wildman–Crippen LogP) is 7.94. The quantitative estimate of drug-likeness (QED) is 0.263. The first-order valence-corrected chi connectivity index (χ1v) is 12.6. The summed E-state index contributed by atoms with van der Waals surface area (Å²) < 4.78 is 0. The van der Waals surface area contributed by atoms with Crippen LogP contribution in [0.25, 0.3) is 22.4 Å². The first-order valence-electron chi connectivity index (χ1n) is 10.8. The normalized spacial score (nSPS) is 10.6. The molecule has 7 heteroatoms. The molecule has 0 bridgehead atoms. The Balaban J connectivity index is 1.69. The van der Waals surface area contributed by atoms with E-state index in [0.29, 0.717) is 26.3 Å². The van der Waals surface area contributed by atoms with Crippen molar-refractivity contribution in [1.29, 1.82) is 5.26 Å². The van der Waals surface area contributed by atoms with Crippen molar-refractivity contribution >= 4 is 46.6 Å². The molecule has 0 radical (unpaired) electrons. The largest absolute Gasteiger partial charge is 0.325 e. The van der Waals surface area contributed by atoms with Gasteiger partial charge in [-0.25, -0.2) is 4.98 Å². The van der Waals surface area contributed by atoms with Crippen LogP contribution < -0.4 is 5.32 Å². The van der Waals surface area contributed by atoms with E-state index in [0.717, 1.165) is 33.5 Å². The lowest BCUT2D eigenvalue weighted by atomic mass is 9.99. The molecule has 4 aromatic rings. The molecular weight excluding hydrogens is 497 g/mol. The minimum absolute atomic E-state index is 0.110. The second-order valence-corrected chi connectivity index (χ2v) is 9.78. The zero-order chi connectivity index (χ0) is 24.9. The number of nitrogens with one attached hydrogen (secondary N) is 1. The van der Waals surface area contributed by atoms with Crippen LogP contribution in [-0.4, -0.2) is 16.6 Å². The van der Waals surface area contributed by atoms with E-state index in [-0.39, 0.29) is 11.7 Å². The molecule has 1 N–H and O–H groups in total. The number of carbonyl (C=O) groups is 1. The van der Waals surface area contributed by atoms with E-state index in [1.165, 1.54) is 11.8 Å². The van der Waals surface area contributed by atoms with Gasteiger partial charge < -0.3 is 5.32 Å². The van der Waals surface area contributed by atoms with Gasteiger partial charge in [-0.15, -0.1) is 0 Å². The van der Waals surface area contributed by atoms with Crippen molar-refractivity contribution in [3.63, 3.8) is 0 Å². The third kappa shape index (κ3) is 5.86. The maximum absolute atomic E-state index is 12.8. The molecule has 0 spiro atoms. The lowest BCUT2D eigenvalue weighted by Crippen LogP contribution is -2.15. The zero-order valence-corrected chi connectivity index (χ0v) is 21.4. The minimum Gasteiger partial charge on any atom is -0.325 e. The molecule has 1 heterocycles. The molecule has 174 valence electrons. The average Bonchev–Trinajstić information content (AvgIpc) is 2.86. The first-order chi connectivity index (χ1) is 16.9. The lowest BCUT2D eigenvalue weighted by molar-refractivity contribution is -0.113. The van der Waals surface area contributed by atoms with Gasteiger partial charge in [0.2, 0.25) is 5.91 Å². The Labute approximate surface area is 218 Å². The molecule has 0 aliphatic rings. The van der Waals surface area contributed by atoms with Gasteiger partial charge in [0.05, 0.1) is 17.0 Å². The summed E-state index contributed by atoms with van der Waals surface area (Å²) in [6.45, 7) is 3.98. The van der Waals surface area contributed by atoms with Crippen LogP contribution in [0.2, 0.25) is 10.0 Å². The smallest absolute Gasteiger partial charge is 0.234 e. The summed E-state index contributed by atoms with van der Waals surface area (Å²) in [6, 6.07) is 24.6. The van der Waals surface area contributed by atoms with Crippen LogP contribution in [0.5, 0.6) is 0 Å². The summed E-state index contributed by atoms with van der Waals surface area (Å²) in [5.41, 5.74) is 6.42. The second kappa shape index (κ2) is 11.0. The van der Waals surface area contributed by atoms with E-state index >= 15 is 0 Å². The van der Waals surface area contributed by atoms with Crippen LogP contribution in [-0.2, 0) is 4.79 Å². The van der Waals surface area contributed by atoms with E-state index in [4.69, 9.17) is 28.2 Å². The standard InChI is InChI=1S/C28H21Cl2N3OS/c1-17-4-3-5-25(18(17)2)32-27(34)16-35-28-24(15-31)23(19-6-10-21(29)11-7-19)14-26(33-28)20-8-12-22(30)13-9-20/h3-14H,16H2,1-2H3,(H,32,34). The molecule has 4 rings (SSSR count). The average molecular weight is 518 g/mol. The van der Waals surface area contributed by atoms with Gasteiger partial charge in [0, 0.05) is 26.9 Å². The lowest BCUT2D eigenvalue weighted by Gasteiger charge is -2.13. The number of thioether (sulfide) groups is 1. The topological polar surface area (TPSA) is 65.8 Å². The summed E-state index contributed by atoms with van der Waals surface area (Å²) in [4.78, 5) is 17.5. The maximum atomic E-state index is 12.8. The van der Waals surface area contributed by atoms with Crippen molar-refractivity contribution in [2.45, 2.75) is 18.9 Å². The zero-order valence-electron chi connectivity index (χ0n) is 19.1. The fourth-order valence-corrected chi connectivity index (χ4v) is 4.62. The number of anilines is 1. The fraction of sp³-hybridized carbons (Fsp3) is 0.107. The Morgan fingerprint density at radius 1 is 0.971 bits per heavy atom.